The fourth-order valence-corrected chi connectivity index (χ4v) is 2.55. The minimum atomic E-state index is -4.41. The van der Waals surface area contributed by atoms with E-state index in [0.29, 0.717) is 28.3 Å². The minimum Gasteiger partial charge on any atom is -0.340 e. The van der Waals surface area contributed by atoms with Crippen molar-refractivity contribution in [1.82, 2.24) is 4.98 Å². The lowest BCUT2D eigenvalue weighted by Gasteiger charge is -2.10. The van der Waals surface area contributed by atoms with Crippen molar-refractivity contribution in [1.29, 1.82) is 0 Å². The number of pyridine rings is 1. The molecule has 2 N–H and O–H groups in total. The first-order valence-electron chi connectivity index (χ1n) is 8.55. The number of hydrogen-bond acceptors (Lipinski definition) is 4. The van der Waals surface area contributed by atoms with Gasteiger partial charge in [-0.1, -0.05) is 12.1 Å². The van der Waals surface area contributed by atoms with Gasteiger partial charge in [-0.3, -0.25) is 9.59 Å². The molecule has 3 rings (SSSR count). The second kappa shape index (κ2) is 8.14. The topological polar surface area (TPSA) is 71.1 Å². The fraction of sp³-hybridized carbons (Fsp3) is 0.0952. The van der Waals surface area contributed by atoms with Crippen molar-refractivity contribution in [3.63, 3.8) is 0 Å². The van der Waals surface area contributed by atoms with E-state index in [0.717, 1.165) is 12.1 Å². The van der Waals surface area contributed by atoms with Crippen molar-refractivity contribution >= 4 is 28.9 Å². The van der Waals surface area contributed by atoms with E-state index in [1.54, 1.807) is 24.3 Å². The van der Waals surface area contributed by atoms with E-state index in [1.807, 2.05) is 0 Å². The number of carbonyl (C=O) groups excluding carboxylic acids is 2. The zero-order valence-corrected chi connectivity index (χ0v) is 15.2. The molecule has 0 aliphatic rings. The van der Waals surface area contributed by atoms with Crippen LogP contribution < -0.4 is 10.6 Å². The number of carbonyl (C=O) groups is 2. The quantitative estimate of drug-likeness (QED) is 0.571. The van der Waals surface area contributed by atoms with Crippen LogP contribution in [0.5, 0.6) is 0 Å². The molecule has 0 unspecified atom stereocenters. The number of halogens is 3. The van der Waals surface area contributed by atoms with E-state index in [-0.39, 0.29) is 5.78 Å². The van der Waals surface area contributed by atoms with Crippen LogP contribution in [0.1, 0.15) is 33.2 Å². The largest absolute Gasteiger partial charge is 0.416 e. The summed E-state index contributed by atoms with van der Waals surface area (Å²) in [6, 6.07) is 14.0. The molecule has 5 nitrogen and oxygen atoms in total. The summed E-state index contributed by atoms with van der Waals surface area (Å²) in [6.07, 6.45) is -3.00. The predicted octanol–water partition coefficient (Wildman–Crippen LogP) is 5.30. The molecule has 3 aromatic rings. The molecule has 0 atom stereocenters. The van der Waals surface area contributed by atoms with Gasteiger partial charge < -0.3 is 10.6 Å². The van der Waals surface area contributed by atoms with Crippen molar-refractivity contribution in [2.24, 2.45) is 0 Å². The second-order valence-electron chi connectivity index (χ2n) is 6.22. The Morgan fingerprint density at radius 2 is 1.62 bits per heavy atom. The number of nitrogens with zero attached hydrogens (tertiary/aromatic N) is 1. The van der Waals surface area contributed by atoms with E-state index < -0.39 is 17.6 Å². The van der Waals surface area contributed by atoms with E-state index in [1.165, 1.54) is 37.4 Å². The maximum Gasteiger partial charge on any atom is 0.416 e. The highest BCUT2D eigenvalue weighted by atomic mass is 19.4. The maximum absolute atomic E-state index is 12.6. The van der Waals surface area contributed by atoms with Crippen molar-refractivity contribution in [3.8, 4) is 0 Å². The third-order valence-corrected chi connectivity index (χ3v) is 4.03. The van der Waals surface area contributed by atoms with E-state index in [4.69, 9.17) is 0 Å². The molecule has 148 valence electrons. The Bertz CT molecular complexity index is 1050. The van der Waals surface area contributed by atoms with Crippen LogP contribution in [-0.2, 0) is 6.18 Å². The summed E-state index contributed by atoms with van der Waals surface area (Å²) in [5, 5.41) is 5.56. The Morgan fingerprint density at radius 3 is 2.28 bits per heavy atom. The van der Waals surface area contributed by atoms with Crippen LogP contribution >= 0.6 is 0 Å². The molecule has 0 radical (unpaired) electrons. The van der Waals surface area contributed by atoms with Crippen molar-refractivity contribution < 1.29 is 22.8 Å². The summed E-state index contributed by atoms with van der Waals surface area (Å²) in [6.45, 7) is 1.43. The van der Waals surface area contributed by atoms with Crippen LogP contribution in [-0.4, -0.2) is 16.7 Å². The Balaban J connectivity index is 1.73. The highest BCUT2D eigenvalue weighted by molar-refractivity contribution is 6.05. The second-order valence-corrected chi connectivity index (χ2v) is 6.22. The van der Waals surface area contributed by atoms with Gasteiger partial charge in [0, 0.05) is 28.7 Å². The van der Waals surface area contributed by atoms with Crippen LogP contribution in [0.15, 0.2) is 66.9 Å². The Labute approximate surface area is 164 Å². The maximum atomic E-state index is 12.6. The highest BCUT2D eigenvalue weighted by Crippen LogP contribution is 2.30. The Hall–Kier alpha value is -3.68. The van der Waals surface area contributed by atoms with E-state index >= 15 is 0 Å². The fourth-order valence-electron chi connectivity index (χ4n) is 2.55. The molecule has 2 aromatic carbocycles. The number of nitrogens with one attached hydrogen (secondary N) is 2. The molecule has 0 aliphatic heterocycles. The summed E-state index contributed by atoms with van der Waals surface area (Å²) < 4.78 is 37.9. The molecule has 1 amide bonds. The smallest absolute Gasteiger partial charge is 0.340 e. The van der Waals surface area contributed by atoms with Crippen LogP contribution in [0.2, 0.25) is 0 Å². The van der Waals surface area contributed by atoms with Crippen LogP contribution in [0.3, 0.4) is 0 Å². The number of Topliss-reactive ketones (excluding diaryl/α,β-unsaturated/α-hetero) is 1. The molecular formula is C21H16F3N3O2. The molecule has 0 spiro atoms. The van der Waals surface area contributed by atoms with Gasteiger partial charge in [-0.2, -0.15) is 13.2 Å². The van der Waals surface area contributed by atoms with Crippen molar-refractivity contribution in [2.45, 2.75) is 13.1 Å². The number of aromatic nitrogens is 1. The molecule has 1 aromatic heterocycles. The zero-order chi connectivity index (χ0) is 21.0. The number of ketones is 1. The first-order valence-corrected chi connectivity index (χ1v) is 8.55. The molecular weight excluding hydrogens is 383 g/mol. The molecule has 0 aliphatic carbocycles. The van der Waals surface area contributed by atoms with Crippen LogP contribution in [0.25, 0.3) is 0 Å². The highest BCUT2D eigenvalue weighted by Gasteiger charge is 2.29. The van der Waals surface area contributed by atoms with Gasteiger partial charge >= 0.3 is 6.18 Å². The van der Waals surface area contributed by atoms with Gasteiger partial charge in [0.2, 0.25) is 0 Å². The number of anilines is 3. The van der Waals surface area contributed by atoms with Crippen LogP contribution in [0, 0.1) is 0 Å². The molecule has 0 saturated carbocycles. The van der Waals surface area contributed by atoms with Gasteiger partial charge in [0.05, 0.1) is 5.56 Å². The third-order valence-electron chi connectivity index (χ3n) is 4.03. The minimum absolute atomic E-state index is 0.118. The van der Waals surface area contributed by atoms with Crippen molar-refractivity contribution in [2.75, 3.05) is 10.6 Å². The summed E-state index contributed by atoms with van der Waals surface area (Å²) in [5.41, 5.74) is 0.885. The molecule has 8 heteroatoms. The summed E-state index contributed by atoms with van der Waals surface area (Å²) in [4.78, 5) is 28.0. The number of hydrogen-bond donors (Lipinski definition) is 2. The SMILES string of the molecule is CC(=O)c1cccc(NC(=O)c2ccnc(Nc3ccc(C(F)(F)F)cc3)c2)c1. The lowest BCUT2D eigenvalue weighted by molar-refractivity contribution is -0.137. The normalized spacial score (nSPS) is 11.0. The average Bonchev–Trinajstić information content (AvgIpc) is 2.68. The van der Waals surface area contributed by atoms with Crippen LogP contribution in [0.4, 0.5) is 30.4 Å². The van der Waals surface area contributed by atoms with Gasteiger partial charge in [-0.05, 0) is 55.5 Å². The van der Waals surface area contributed by atoms with E-state index in [9.17, 15) is 22.8 Å². The van der Waals surface area contributed by atoms with Gasteiger partial charge in [0.25, 0.3) is 5.91 Å². The third kappa shape index (κ3) is 5.19. The first kappa shape index (κ1) is 20.1. The van der Waals surface area contributed by atoms with Gasteiger partial charge in [-0.15, -0.1) is 0 Å². The monoisotopic (exact) mass is 399 g/mol. The molecule has 0 fully saturated rings. The Kier molecular flexibility index (Phi) is 5.63. The molecule has 0 bridgehead atoms. The summed E-state index contributed by atoms with van der Waals surface area (Å²) in [7, 11) is 0. The first-order chi connectivity index (χ1) is 13.7. The molecule has 0 saturated heterocycles. The van der Waals surface area contributed by atoms with Gasteiger partial charge in [0.15, 0.2) is 5.78 Å². The zero-order valence-electron chi connectivity index (χ0n) is 15.2. The number of rotatable bonds is 5. The van der Waals surface area contributed by atoms with Gasteiger partial charge in [0.1, 0.15) is 5.82 Å². The van der Waals surface area contributed by atoms with E-state index in [2.05, 4.69) is 15.6 Å². The lowest BCUT2D eigenvalue weighted by Crippen LogP contribution is -2.12. The van der Waals surface area contributed by atoms with Gasteiger partial charge in [-0.25, -0.2) is 4.98 Å². The lowest BCUT2D eigenvalue weighted by atomic mass is 10.1. The van der Waals surface area contributed by atoms with Crippen molar-refractivity contribution in [3.05, 3.63) is 83.6 Å². The summed E-state index contributed by atoms with van der Waals surface area (Å²) >= 11 is 0. The number of amides is 1. The standard InChI is InChI=1S/C21H16F3N3O2/c1-13(28)14-3-2-4-18(11-14)27-20(29)15-9-10-25-19(12-15)26-17-7-5-16(6-8-17)21(22,23)24/h2-12H,1H3,(H,25,26)(H,27,29). The summed E-state index contributed by atoms with van der Waals surface area (Å²) in [5.74, 6) is -0.230. The molecule has 1 heterocycles. The Morgan fingerprint density at radius 1 is 0.897 bits per heavy atom. The predicted molar refractivity (Wildman–Crippen MR) is 103 cm³/mol. The number of benzene rings is 2. The number of alkyl halides is 3. The molecule has 29 heavy (non-hydrogen) atoms. The average molecular weight is 399 g/mol.